The number of hydrogen-bond acceptors (Lipinski definition) is 9. The van der Waals surface area contributed by atoms with E-state index in [0.717, 1.165) is 13.1 Å². The van der Waals surface area contributed by atoms with Crippen LogP contribution in [0.15, 0.2) is 18.0 Å². The van der Waals surface area contributed by atoms with E-state index in [2.05, 4.69) is 15.3 Å². The van der Waals surface area contributed by atoms with Crippen LogP contribution in [0.1, 0.15) is 27.7 Å². The van der Waals surface area contributed by atoms with Gasteiger partial charge in [-0.15, -0.1) is 0 Å². The molecule has 0 atom stereocenters. The van der Waals surface area contributed by atoms with E-state index < -0.39 is 11.9 Å². The standard InChI is InChI=1S/C17H26N4O5/c1-6-21(7-2)14-15(24-5)20-13(11-19-14)18-10-12(16(22)25-8-3)17(23)26-9-4/h10-11H,6-9H2,1-5H3,(H,18,20). The Hall–Kier alpha value is -2.84. The summed E-state index contributed by atoms with van der Waals surface area (Å²) in [7, 11) is 1.50. The average Bonchev–Trinajstić information content (AvgIpc) is 2.64. The van der Waals surface area contributed by atoms with Crippen LogP contribution in [0.4, 0.5) is 11.6 Å². The molecule has 0 saturated carbocycles. The Labute approximate surface area is 153 Å². The Bertz CT molecular complexity index is 624. The third kappa shape index (κ3) is 5.61. The van der Waals surface area contributed by atoms with Crippen molar-refractivity contribution < 1.29 is 23.8 Å². The first-order chi connectivity index (χ1) is 12.5. The molecule has 1 aromatic heterocycles. The lowest BCUT2D eigenvalue weighted by Gasteiger charge is -2.21. The van der Waals surface area contributed by atoms with Gasteiger partial charge in [0.25, 0.3) is 5.88 Å². The van der Waals surface area contributed by atoms with Crippen LogP contribution < -0.4 is 15.0 Å². The fourth-order valence-electron chi connectivity index (χ4n) is 2.08. The lowest BCUT2D eigenvalue weighted by molar-refractivity contribution is -0.146. The van der Waals surface area contributed by atoms with Gasteiger partial charge in [-0.25, -0.2) is 14.6 Å². The molecule has 1 aromatic rings. The van der Waals surface area contributed by atoms with Crippen molar-refractivity contribution in [3.63, 3.8) is 0 Å². The number of rotatable bonds is 10. The highest BCUT2D eigenvalue weighted by Crippen LogP contribution is 2.24. The van der Waals surface area contributed by atoms with Gasteiger partial charge < -0.3 is 24.4 Å². The van der Waals surface area contributed by atoms with Gasteiger partial charge in [-0.2, -0.15) is 4.98 Å². The van der Waals surface area contributed by atoms with E-state index in [1.807, 2.05) is 18.7 Å². The molecule has 9 nitrogen and oxygen atoms in total. The highest BCUT2D eigenvalue weighted by molar-refractivity contribution is 6.14. The first-order valence-corrected chi connectivity index (χ1v) is 8.49. The van der Waals surface area contributed by atoms with Gasteiger partial charge in [0.15, 0.2) is 17.2 Å². The third-order valence-corrected chi connectivity index (χ3v) is 3.33. The highest BCUT2D eigenvalue weighted by Gasteiger charge is 2.21. The molecule has 0 aliphatic rings. The van der Waals surface area contributed by atoms with Gasteiger partial charge in [0, 0.05) is 19.3 Å². The van der Waals surface area contributed by atoms with Crippen LogP contribution in [0.2, 0.25) is 0 Å². The molecule has 0 fully saturated rings. The second-order valence-electron chi connectivity index (χ2n) is 4.90. The summed E-state index contributed by atoms with van der Waals surface area (Å²) in [6, 6.07) is 0. The molecule has 0 aliphatic carbocycles. The van der Waals surface area contributed by atoms with Crippen LogP contribution in [-0.4, -0.2) is 55.3 Å². The number of nitrogens with zero attached hydrogens (tertiary/aromatic N) is 3. The molecule has 1 rings (SSSR count). The molecule has 0 unspecified atom stereocenters. The van der Waals surface area contributed by atoms with Crippen LogP contribution >= 0.6 is 0 Å². The molecule has 0 saturated heterocycles. The normalized spacial score (nSPS) is 9.88. The number of methoxy groups -OCH3 is 1. The minimum Gasteiger partial charge on any atom is -0.478 e. The lowest BCUT2D eigenvalue weighted by atomic mass is 10.3. The summed E-state index contributed by atoms with van der Waals surface area (Å²) in [5, 5.41) is 2.76. The Morgan fingerprint density at radius 1 is 1.12 bits per heavy atom. The zero-order chi connectivity index (χ0) is 19.5. The molecule has 1 N–H and O–H groups in total. The summed E-state index contributed by atoms with van der Waals surface area (Å²) in [5.41, 5.74) is -0.262. The molecule has 0 aromatic carbocycles. The zero-order valence-electron chi connectivity index (χ0n) is 15.9. The molecule has 144 valence electrons. The Morgan fingerprint density at radius 3 is 2.15 bits per heavy atom. The lowest BCUT2D eigenvalue weighted by Crippen LogP contribution is -2.24. The quantitative estimate of drug-likeness (QED) is 0.287. The SMILES string of the molecule is CCOC(=O)C(=CNc1cnc(N(CC)CC)c(OC)n1)C(=O)OCC. The Kier molecular flexibility index (Phi) is 8.90. The first-order valence-electron chi connectivity index (χ1n) is 8.49. The molecular formula is C17H26N4O5. The van der Waals surface area contributed by atoms with Crippen LogP contribution in [0, 0.1) is 0 Å². The van der Waals surface area contributed by atoms with Crippen molar-refractivity contribution in [1.29, 1.82) is 0 Å². The van der Waals surface area contributed by atoms with Gasteiger partial charge in [-0.05, 0) is 27.7 Å². The maximum atomic E-state index is 11.9. The predicted molar refractivity (Wildman–Crippen MR) is 97.1 cm³/mol. The number of carbonyl (C=O) groups is 2. The largest absolute Gasteiger partial charge is 0.478 e. The first kappa shape index (κ1) is 21.2. The summed E-state index contributed by atoms with van der Waals surface area (Å²) < 4.78 is 15.0. The van der Waals surface area contributed by atoms with E-state index in [-0.39, 0.29) is 18.8 Å². The molecule has 1 heterocycles. The van der Waals surface area contributed by atoms with E-state index in [1.165, 1.54) is 19.5 Å². The van der Waals surface area contributed by atoms with Gasteiger partial charge in [-0.3, -0.25) is 0 Å². The third-order valence-electron chi connectivity index (χ3n) is 3.33. The highest BCUT2D eigenvalue weighted by atomic mass is 16.6. The maximum Gasteiger partial charge on any atom is 0.347 e. The number of esters is 2. The summed E-state index contributed by atoms with van der Waals surface area (Å²) in [5.74, 6) is -0.302. The topological polar surface area (TPSA) is 103 Å². The van der Waals surface area contributed by atoms with Gasteiger partial charge in [0.05, 0.1) is 26.5 Å². The molecule has 0 bridgehead atoms. The van der Waals surface area contributed by atoms with E-state index >= 15 is 0 Å². The number of nitrogens with one attached hydrogen (secondary N) is 1. The Morgan fingerprint density at radius 2 is 1.69 bits per heavy atom. The van der Waals surface area contributed by atoms with Crippen molar-refractivity contribution >= 4 is 23.6 Å². The number of carbonyl (C=O) groups excluding carboxylic acids is 2. The second kappa shape index (κ2) is 10.9. The van der Waals surface area contributed by atoms with Gasteiger partial charge >= 0.3 is 11.9 Å². The fourth-order valence-corrected chi connectivity index (χ4v) is 2.08. The van der Waals surface area contributed by atoms with Crippen molar-refractivity contribution in [2.24, 2.45) is 0 Å². The molecule has 0 radical (unpaired) electrons. The Balaban J connectivity index is 3.08. The van der Waals surface area contributed by atoms with Crippen molar-refractivity contribution in [1.82, 2.24) is 9.97 Å². The molecule has 0 amide bonds. The molecule has 9 heteroatoms. The van der Waals surface area contributed by atoms with E-state index in [1.54, 1.807) is 13.8 Å². The number of aromatic nitrogens is 2. The number of hydrogen-bond donors (Lipinski definition) is 1. The fraction of sp³-hybridized carbons (Fsp3) is 0.529. The maximum absolute atomic E-state index is 11.9. The second-order valence-corrected chi connectivity index (χ2v) is 4.90. The number of ether oxygens (including phenoxy) is 3. The molecular weight excluding hydrogens is 340 g/mol. The summed E-state index contributed by atoms with van der Waals surface area (Å²) in [4.78, 5) is 34.5. The molecule has 0 aliphatic heterocycles. The summed E-state index contributed by atoms with van der Waals surface area (Å²) in [6.07, 6.45) is 2.68. The van der Waals surface area contributed by atoms with Crippen molar-refractivity contribution in [2.45, 2.75) is 27.7 Å². The zero-order valence-corrected chi connectivity index (χ0v) is 15.9. The summed E-state index contributed by atoms with van der Waals surface area (Å²) >= 11 is 0. The van der Waals surface area contributed by atoms with Crippen LogP contribution in [0.3, 0.4) is 0 Å². The summed E-state index contributed by atoms with van der Waals surface area (Å²) in [6.45, 7) is 9.10. The van der Waals surface area contributed by atoms with Gasteiger partial charge in [0.2, 0.25) is 0 Å². The van der Waals surface area contributed by atoms with Gasteiger partial charge in [-0.1, -0.05) is 0 Å². The van der Waals surface area contributed by atoms with E-state index in [0.29, 0.717) is 17.5 Å². The monoisotopic (exact) mass is 366 g/mol. The van der Waals surface area contributed by atoms with Crippen molar-refractivity contribution in [3.8, 4) is 5.88 Å². The number of anilines is 2. The smallest absolute Gasteiger partial charge is 0.347 e. The molecule has 26 heavy (non-hydrogen) atoms. The van der Waals surface area contributed by atoms with Crippen LogP contribution in [0.5, 0.6) is 5.88 Å². The minimum atomic E-state index is -0.780. The van der Waals surface area contributed by atoms with Crippen LogP contribution in [0.25, 0.3) is 0 Å². The van der Waals surface area contributed by atoms with Crippen molar-refractivity contribution in [2.75, 3.05) is 43.6 Å². The average molecular weight is 366 g/mol. The van der Waals surface area contributed by atoms with E-state index in [4.69, 9.17) is 14.2 Å². The van der Waals surface area contributed by atoms with Gasteiger partial charge in [0.1, 0.15) is 0 Å². The van der Waals surface area contributed by atoms with Crippen molar-refractivity contribution in [3.05, 3.63) is 18.0 Å². The minimum absolute atomic E-state index is 0.141. The predicted octanol–water partition coefficient (Wildman–Crippen LogP) is 1.75. The molecule has 0 spiro atoms. The van der Waals surface area contributed by atoms with E-state index in [9.17, 15) is 9.59 Å². The van der Waals surface area contributed by atoms with Crippen LogP contribution in [-0.2, 0) is 19.1 Å².